The summed E-state index contributed by atoms with van der Waals surface area (Å²) in [4.78, 5) is 10.3. The molecule has 1 heterocycles. The van der Waals surface area contributed by atoms with Gasteiger partial charge in [-0.1, -0.05) is 11.6 Å². The van der Waals surface area contributed by atoms with E-state index in [0.717, 1.165) is 0 Å². The van der Waals surface area contributed by atoms with Crippen LogP contribution in [0.3, 0.4) is 0 Å². The van der Waals surface area contributed by atoms with Crippen molar-refractivity contribution in [3.05, 3.63) is 16.4 Å². The number of halogens is 1. The van der Waals surface area contributed by atoms with E-state index in [9.17, 15) is 4.79 Å². The third kappa shape index (κ3) is 0.974. The van der Waals surface area contributed by atoms with Crippen molar-refractivity contribution in [2.45, 2.75) is 6.92 Å². The smallest absolute Gasteiger partial charge is 0.356 e. The van der Waals surface area contributed by atoms with E-state index < -0.39 is 5.97 Å². The number of carboxylic acid groups (broad SMARTS) is 1. The Morgan fingerprint density at radius 3 is 2.60 bits per heavy atom. The van der Waals surface area contributed by atoms with Crippen molar-refractivity contribution in [1.82, 2.24) is 10.2 Å². The predicted molar refractivity (Wildman–Crippen MR) is 35.3 cm³/mol. The summed E-state index contributed by atoms with van der Waals surface area (Å²) in [5.41, 5.74) is 0.444. The minimum atomic E-state index is -1.07. The molecule has 0 unspecified atom stereocenters. The van der Waals surface area contributed by atoms with E-state index in [4.69, 9.17) is 16.7 Å². The molecule has 0 saturated heterocycles. The van der Waals surface area contributed by atoms with Gasteiger partial charge in [-0.2, -0.15) is 5.10 Å². The molecule has 1 rings (SSSR count). The van der Waals surface area contributed by atoms with Gasteiger partial charge in [-0.05, 0) is 6.92 Å². The van der Waals surface area contributed by atoms with Crippen LogP contribution in [0.1, 0.15) is 16.1 Å². The van der Waals surface area contributed by atoms with Gasteiger partial charge in [-0.25, -0.2) is 4.79 Å². The lowest BCUT2D eigenvalue weighted by Crippen LogP contribution is -1.98. The normalized spacial score (nSPS) is 9.80. The van der Waals surface area contributed by atoms with Gasteiger partial charge in [0.05, 0.1) is 0 Å². The molecule has 0 aliphatic carbocycles. The fourth-order valence-corrected chi connectivity index (χ4v) is 0.717. The van der Waals surface area contributed by atoms with Crippen molar-refractivity contribution in [1.29, 1.82) is 0 Å². The monoisotopic (exact) mass is 160 g/mol. The Bertz CT molecular complexity index is 269. The van der Waals surface area contributed by atoms with E-state index in [1.165, 1.54) is 0 Å². The number of aromatic amines is 1. The van der Waals surface area contributed by atoms with Crippen LogP contribution in [0.15, 0.2) is 0 Å². The van der Waals surface area contributed by atoms with E-state index >= 15 is 0 Å². The highest BCUT2D eigenvalue weighted by Gasteiger charge is 2.12. The third-order valence-electron chi connectivity index (χ3n) is 1.15. The Morgan fingerprint density at radius 1 is 1.80 bits per heavy atom. The number of nitrogens with one attached hydrogen (secondary N) is 1. The van der Waals surface area contributed by atoms with Gasteiger partial charge in [0.1, 0.15) is 5.15 Å². The van der Waals surface area contributed by atoms with Crippen LogP contribution in [0.2, 0.25) is 5.15 Å². The third-order valence-corrected chi connectivity index (χ3v) is 1.52. The molecule has 54 valence electrons. The number of hydrogen-bond acceptors (Lipinski definition) is 2. The molecule has 1 aromatic heterocycles. The number of H-pyrrole nitrogens is 1. The molecule has 0 spiro atoms. The van der Waals surface area contributed by atoms with Crippen molar-refractivity contribution in [2.75, 3.05) is 0 Å². The van der Waals surface area contributed by atoms with E-state index in [2.05, 4.69) is 10.2 Å². The topological polar surface area (TPSA) is 66.0 Å². The van der Waals surface area contributed by atoms with Crippen molar-refractivity contribution in [2.24, 2.45) is 0 Å². The average Bonchev–Trinajstić information content (AvgIpc) is 2.14. The number of rotatable bonds is 1. The van der Waals surface area contributed by atoms with Crippen LogP contribution in [-0.4, -0.2) is 21.3 Å². The van der Waals surface area contributed by atoms with E-state index in [1.54, 1.807) is 6.92 Å². The molecule has 0 atom stereocenters. The Morgan fingerprint density at radius 2 is 2.40 bits per heavy atom. The summed E-state index contributed by atoms with van der Waals surface area (Å²) in [5.74, 6) is -1.07. The minimum Gasteiger partial charge on any atom is -0.476 e. The zero-order valence-electron chi connectivity index (χ0n) is 5.18. The van der Waals surface area contributed by atoms with E-state index in [1.807, 2.05) is 0 Å². The molecule has 0 amide bonds. The summed E-state index contributed by atoms with van der Waals surface area (Å²) in [6.45, 7) is 1.59. The van der Waals surface area contributed by atoms with Crippen molar-refractivity contribution in [3.8, 4) is 0 Å². The van der Waals surface area contributed by atoms with Crippen molar-refractivity contribution >= 4 is 17.6 Å². The Labute approximate surface area is 61.8 Å². The van der Waals surface area contributed by atoms with Crippen LogP contribution >= 0.6 is 11.6 Å². The molecule has 0 bridgehead atoms. The summed E-state index contributed by atoms with van der Waals surface area (Å²) in [6, 6.07) is 0. The largest absolute Gasteiger partial charge is 0.476 e. The zero-order valence-corrected chi connectivity index (χ0v) is 5.94. The zero-order chi connectivity index (χ0) is 7.72. The maximum atomic E-state index is 10.3. The van der Waals surface area contributed by atoms with Gasteiger partial charge < -0.3 is 5.11 Å². The fraction of sp³-hybridized carbons (Fsp3) is 0.200. The van der Waals surface area contributed by atoms with Gasteiger partial charge in [-0.15, -0.1) is 0 Å². The SMILES string of the molecule is Cc1c(C(=O)O)n[nH]c1Cl. The van der Waals surface area contributed by atoms with Crippen LogP contribution in [0.25, 0.3) is 0 Å². The van der Waals surface area contributed by atoms with Crippen LogP contribution in [0, 0.1) is 6.92 Å². The Kier molecular flexibility index (Phi) is 1.63. The fourth-order valence-electron chi connectivity index (χ4n) is 0.585. The molecule has 5 heteroatoms. The van der Waals surface area contributed by atoms with E-state index in [0.29, 0.717) is 5.56 Å². The summed E-state index contributed by atoms with van der Waals surface area (Å²) < 4.78 is 0. The molecular weight excluding hydrogens is 156 g/mol. The second-order valence-corrected chi connectivity index (χ2v) is 2.19. The Balaban J connectivity index is 3.17. The molecule has 0 aliphatic rings. The summed E-state index contributed by atoms with van der Waals surface area (Å²) >= 11 is 5.49. The molecule has 0 aromatic carbocycles. The first-order valence-corrected chi connectivity index (χ1v) is 2.94. The van der Waals surface area contributed by atoms with Gasteiger partial charge >= 0.3 is 5.97 Å². The number of carboxylic acids is 1. The van der Waals surface area contributed by atoms with Gasteiger partial charge in [0.15, 0.2) is 5.69 Å². The molecule has 4 nitrogen and oxygen atoms in total. The number of hydrogen-bond donors (Lipinski definition) is 2. The standard InChI is InChI=1S/C5H5ClN2O2/c1-2-3(5(9)10)7-8-4(2)6/h1H3,(H,7,8)(H,9,10). The predicted octanol–water partition coefficient (Wildman–Crippen LogP) is 1.07. The van der Waals surface area contributed by atoms with E-state index in [-0.39, 0.29) is 10.8 Å². The summed E-state index contributed by atoms with van der Waals surface area (Å²) in [5, 5.41) is 14.5. The van der Waals surface area contributed by atoms with Crippen LogP contribution < -0.4 is 0 Å². The number of carbonyl (C=O) groups is 1. The van der Waals surface area contributed by atoms with Gasteiger partial charge in [0, 0.05) is 5.56 Å². The molecule has 2 N–H and O–H groups in total. The quantitative estimate of drug-likeness (QED) is 0.646. The molecule has 1 aromatic rings. The highest BCUT2D eigenvalue weighted by atomic mass is 35.5. The van der Waals surface area contributed by atoms with Gasteiger partial charge in [-0.3, -0.25) is 5.10 Å². The first-order valence-electron chi connectivity index (χ1n) is 2.56. The average molecular weight is 161 g/mol. The number of aromatic carboxylic acids is 1. The molecule has 0 radical (unpaired) electrons. The highest BCUT2D eigenvalue weighted by Crippen LogP contribution is 2.13. The molecule has 0 aliphatic heterocycles. The first kappa shape index (κ1) is 7.08. The highest BCUT2D eigenvalue weighted by molar-refractivity contribution is 6.30. The molecule has 10 heavy (non-hydrogen) atoms. The molecule has 0 saturated carbocycles. The summed E-state index contributed by atoms with van der Waals surface area (Å²) in [6.07, 6.45) is 0. The van der Waals surface area contributed by atoms with Crippen LogP contribution in [0.4, 0.5) is 0 Å². The summed E-state index contributed by atoms with van der Waals surface area (Å²) in [7, 11) is 0. The Hall–Kier alpha value is -1.03. The van der Waals surface area contributed by atoms with Crippen LogP contribution in [0.5, 0.6) is 0 Å². The molecule has 0 fully saturated rings. The maximum absolute atomic E-state index is 10.3. The number of aromatic nitrogens is 2. The second kappa shape index (κ2) is 2.30. The molecular formula is C5H5ClN2O2. The minimum absolute atomic E-state index is 0.0231. The lowest BCUT2D eigenvalue weighted by Gasteiger charge is -1.85. The van der Waals surface area contributed by atoms with Crippen LogP contribution in [-0.2, 0) is 0 Å². The lowest BCUT2D eigenvalue weighted by molar-refractivity contribution is 0.0689. The maximum Gasteiger partial charge on any atom is 0.356 e. The lowest BCUT2D eigenvalue weighted by atomic mass is 10.3. The van der Waals surface area contributed by atoms with Crippen molar-refractivity contribution < 1.29 is 9.90 Å². The van der Waals surface area contributed by atoms with Gasteiger partial charge in [0.25, 0.3) is 0 Å². The van der Waals surface area contributed by atoms with Crippen molar-refractivity contribution in [3.63, 3.8) is 0 Å². The number of nitrogens with zero attached hydrogens (tertiary/aromatic N) is 1. The first-order chi connectivity index (χ1) is 4.63. The van der Waals surface area contributed by atoms with Gasteiger partial charge in [0.2, 0.25) is 0 Å². The second-order valence-electron chi connectivity index (χ2n) is 1.82.